The van der Waals surface area contributed by atoms with Gasteiger partial charge in [0.25, 0.3) is 0 Å². The second kappa shape index (κ2) is 7.61. The maximum atomic E-state index is 12.0. The van der Waals surface area contributed by atoms with Crippen LogP contribution in [-0.4, -0.2) is 18.0 Å². The lowest BCUT2D eigenvalue weighted by Gasteiger charge is -2.20. The van der Waals surface area contributed by atoms with Gasteiger partial charge in [-0.25, -0.2) is 0 Å². The molecule has 0 bridgehead atoms. The van der Waals surface area contributed by atoms with Crippen molar-refractivity contribution in [1.29, 1.82) is 0 Å². The molecule has 3 nitrogen and oxygen atoms in total. The highest BCUT2D eigenvalue weighted by atomic mass is 127. The van der Waals surface area contributed by atoms with E-state index < -0.39 is 0 Å². The summed E-state index contributed by atoms with van der Waals surface area (Å²) in [7, 11) is 0. The Morgan fingerprint density at radius 2 is 2.00 bits per heavy atom. The average molecular weight is 360 g/mol. The molecule has 0 aliphatic heterocycles. The summed E-state index contributed by atoms with van der Waals surface area (Å²) in [4.78, 5) is 12.0. The molecule has 0 spiro atoms. The quantitative estimate of drug-likeness (QED) is 0.764. The van der Waals surface area contributed by atoms with E-state index in [4.69, 9.17) is 0 Å². The van der Waals surface area contributed by atoms with Gasteiger partial charge in [0.15, 0.2) is 0 Å². The smallest absolute Gasteiger partial charge is 0.242 e. The molecule has 1 atom stereocenters. The van der Waals surface area contributed by atoms with Crippen molar-refractivity contribution in [1.82, 2.24) is 5.32 Å². The molecular weight excluding hydrogens is 339 g/mol. The lowest BCUT2D eigenvalue weighted by molar-refractivity contribution is -0.122. The van der Waals surface area contributed by atoms with E-state index in [1.807, 2.05) is 31.2 Å². The summed E-state index contributed by atoms with van der Waals surface area (Å²) < 4.78 is 1.16. The molecule has 0 saturated heterocycles. The molecule has 0 fully saturated rings. The molecule has 1 aromatic carbocycles. The minimum absolute atomic E-state index is 0.0579. The van der Waals surface area contributed by atoms with Crippen molar-refractivity contribution in [2.24, 2.45) is 0 Å². The topological polar surface area (TPSA) is 41.1 Å². The Balaban J connectivity index is 2.54. The number of carbonyl (C=O) groups excluding carboxylic acids is 1. The Hall–Kier alpha value is -0.780. The molecule has 0 aliphatic rings. The van der Waals surface area contributed by atoms with Crippen molar-refractivity contribution in [3.8, 4) is 0 Å². The molecule has 4 heteroatoms. The Kier molecular flexibility index (Phi) is 6.46. The lowest BCUT2D eigenvalue weighted by atomic mass is 10.1. The first-order chi connectivity index (χ1) is 8.56. The van der Waals surface area contributed by atoms with Crippen LogP contribution in [0.5, 0.6) is 0 Å². The minimum atomic E-state index is -0.219. The zero-order valence-corrected chi connectivity index (χ0v) is 13.3. The van der Waals surface area contributed by atoms with Crippen LogP contribution in [0.3, 0.4) is 0 Å². The van der Waals surface area contributed by atoms with E-state index in [-0.39, 0.29) is 18.0 Å². The Bertz CT molecular complexity index is 391. The number of halogens is 1. The van der Waals surface area contributed by atoms with Gasteiger partial charge < -0.3 is 10.6 Å². The van der Waals surface area contributed by atoms with Gasteiger partial charge in [-0.1, -0.05) is 19.9 Å². The van der Waals surface area contributed by atoms with Gasteiger partial charge in [-0.15, -0.1) is 0 Å². The number of nitrogens with one attached hydrogen (secondary N) is 2. The predicted molar refractivity (Wildman–Crippen MR) is 84.8 cm³/mol. The third-order valence-electron chi connectivity index (χ3n) is 2.93. The molecule has 1 unspecified atom stereocenters. The molecule has 18 heavy (non-hydrogen) atoms. The van der Waals surface area contributed by atoms with Gasteiger partial charge in [0.1, 0.15) is 6.04 Å². The van der Waals surface area contributed by atoms with Crippen LogP contribution in [0.4, 0.5) is 5.69 Å². The Morgan fingerprint density at radius 3 is 2.56 bits per heavy atom. The summed E-state index contributed by atoms with van der Waals surface area (Å²) in [5, 5.41) is 6.27. The molecule has 2 N–H and O–H groups in total. The fourth-order valence-electron chi connectivity index (χ4n) is 1.71. The van der Waals surface area contributed by atoms with E-state index in [0.717, 1.165) is 22.1 Å². The van der Waals surface area contributed by atoms with E-state index in [1.165, 1.54) is 0 Å². The molecule has 0 radical (unpaired) electrons. The summed E-state index contributed by atoms with van der Waals surface area (Å²) in [6.45, 7) is 6.07. The van der Waals surface area contributed by atoms with Gasteiger partial charge in [-0.05, 0) is 60.6 Å². The highest BCUT2D eigenvalue weighted by molar-refractivity contribution is 14.1. The SMILES string of the molecule is CCC(CC)NC(=O)C(C)Nc1cccc(I)c1. The van der Waals surface area contributed by atoms with E-state index in [2.05, 4.69) is 47.1 Å². The molecule has 100 valence electrons. The van der Waals surface area contributed by atoms with Crippen molar-refractivity contribution in [2.45, 2.75) is 45.7 Å². The van der Waals surface area contributed by atoms with Crippen molar-refractivity contribution in [3.05, 3.63) is 27.8 Å². The molecule has 0 saturated carbocycles. The maximum Gasteiger partial charge on any atom is 0.242 e. The second-order valence-electron chi connectivity index (χ2n) is 4.40. The zero-order valence-electron chi connectivity index (χ0n) is 11.2. The van der Waals surface area contributed by atoms with Crippen LogP contribution in [0.25, 0.3) is 0 Å². The number of benzene rings is 1. The summed E-state index contributed by atoms with van der Waals surface area (Å²) >= 11 is 2.26. The van der Waals surface area contributed by atoms with Crippen LogP contribution < -0.4 is 10.6 Å². The number of anilines is 1. The maximum absolute atomic E-state index is 12.0. The summed E-state index contributed by atoms with van der Waals surface area (Å²) in [5.74, 6) is 0.0579. The van der Waals surface area contributed by atoms with E-state index in [1.54, 1.807) is 0 Å². The third-order valence-corrected chi connectivity index (χ3v) is 3.60. The lowest BCUT2D eigenvalue weighted by Crippen LogP contribution is -2.42. The number of hydrogen-bond donors (Lipinski definition) is 2. The second-order valence-corrected chi connectivity index (χ2v) is 5.64. The normalized spacial score (nSPS) is 12.3. The van der Waals surface area contributed by atoms with Gasteiger partial charge >= 0.3 is 0 Å². The van der Waals surface area contributed by atoms with Crippen molar-refractivity contribution < 1.29 is 4.79 Å². The van der Waals surface area contributed by atoms with E-state index in [9.17, 15) is 4.79 Å². The molecule has 0 aromatic heterocycles. The van der Waals surface area contributed by atoms with Crippen LogP contribution in [0.1, 0.15) is 33.6 Å². The first-order valence-corrected chi connectivity index (χ1v) is 7.47. The molecule has 1 amide bonds. The van der Waals surface area contributed by atoms with E-state index >= 15 is 0 Å². The number of rotatable bonds is 6. The Morgan fingerprint density at radius 1 is 1.33 bits per heavy atom. The van der Waals surface area contributed by atoms with Crippen LogP contribution in [0, 0.1) is 3.57 Å². The predicted octanol–water partition coefficient (Wildman–Crippen LogP) is 3.40. The van der Waals surface area contributed by atoms with Crippen LogP contribution in [0.2, 0.25) is 0 Å². The third kappa shape index (κ3) is 4.84. The first kappa shape index (κ1) is 15.3. The summed E-state index contributed by atoms with van der Waals surface area (Å²) in [6, 6.07) is 8.07. The van der Waals surface area contributed by atoms with Crippen molar-refractivity contribution in [2.75, 3.05) is 5.32 Å². The highest BCUT2D eigenvalue weighted by Crippen LogP contribution is 2.13. The van der Waals surface area contributed by atoms with Gasteiger partial charge in [0.05, 0.1) is 0 Å². The number of amides is 1. The van der Waals surface area contributed by atoms with Gasteiger partial charge in [-0.3, -0.25) is 4.79 Å². The molecular formula is C14H21IN2O. The molecule has 1 aromatic rings. The Labute approximate surface area is 123 Å². The fourth-order valence-corrected chi connectivity index (χ4v) is 2.26. The molecule has 0 heterocycles. The van der Waals surface area contributed by atoms with E-state index in [0.29, 0.717) is 0 Å². The number of carbonyl (C=O) groups is 1. The highest BCUT2D eigenvalue weighted by Gasteiger charge is 2.15. The minimum Gasteiger partial charge on any atom is -0.374 e. The fraction of sp³-hybridized carbons (Fsp3) is 0.500. The summed E-state index contributed by atoms with van der Waals surface area (Å²) in [5.41, 5.74) is 0.981. The van der Waals surface area contributed by atoms with Gasteiger partial charge in [-0.2, -0.15) is 0 Å². The van der Waals surface area contributed by atoms with Gasteiger partial charge in [0.2, 0.25) is 5.91 Å². The zero-order chi connectivity index (χ0) is 13.5. The first-order valence-electron chi connectivity index (χ1n) is 6.39. The molecule has 0 aliphatic carbocycles. The van der Waals surface area contributed by atoms with Crippen molar-refractivity contribution >= 4 is 34.2 Å². The average Bonchev–Trinajstić information content (AvgIpc) is 2.35. The van der Waals surface area contributed by atoms with Crippen molar-refractivity contribution in [3.63, 3.8) is 0 Å². The van der Waals surface area contributed by atoms with Crippen LogP contribution in [-0.2, 0) is 4.79 Å². The van der Waals surface area contributed by atoms with Gasteiger partial charge in [0, 0.05) is 15.3 Å². The monoisotopic (exact) mass is 360 g/mol. The van der Waals surface area contributed by atoms with Crippen LogP contribution in [0.15, 0.2) is 24.3 Å². The van der Waals surface area contributed by atoms with Crippen LogP contribution >= 0.6 is 22.6 Å². The summed E-state index contributed by atoms with van der Waals surface area (Å²) in [6.07, 6.45) is 1.94. The molecule has 1 rings (SSSR count). The standard InChI is InChI=1S/C14H21IN2O/c1-4-12(5-2)17-14(18)10(3)16-13-8-6-7-11(15)9-13/h6-10,12,16H,4-5H2,1-3H3,(H,17,18). The largest absolute Gasteiger partial charge is 0.374 e. The number of hydrogen-bond acceptors (Lipinski definition) is 2.